The summed E-state index contributed by atoms with van der Waals surface area (Å²) in [6.07, 6.45) is -0.547. The zero-order chi connectivity index (χ0) is 20.0. The number of ether oxygens (including phenoxy) is 2. The average molecular weight is 385 g/mol. The Morgan fingerprint density at radius 3 is 2.19 bits per heavy atom. The Morgan fingerprint density at radius 1 is 1.00 bits per heavy atom. The summed E-state index contributed by atoms with van der Waals surface area (Å²) in [5, 5.41) is 0. The molecule has 2 aromatic rings. The van der Waals surface area contributed by atoms with Crippen LogP contribution in [0, 0.1) is 23.3 Å². The van der Waals surface area contributed by atoms with Crippen LogP contribution in [0.4, 0.5) is 17.6 Å². The summed E-state index contributed by atoms with van der Waals surface area (Å²) >= 11 is 0. The Bertz CT molecular complexity index is 804. The van der Waals surface area contributed by atoms with Crippen molar-refractivity contribution in [2.24, 2.45) is 5.73 Å². The van der Waals surface area contributed by atoms with Gasteiger partial charge < -0.3 is 15.2 Å². The Labute approximate surface area is 151 Å². The predicted octanol–water partition coefficient (Wildman–Crippen LogP) is 2.65. The van der Waals surface area contributed by atoms with Gasteiger partial charge in [0, 0.05) is 12.5 Å². The van der Waals surface area contributed by atoms with Gasteiger partial charge >= 0.3 is 5.97 Å². The van der Waals surface area contributed by atoms with Gasteiger partial charge in [0.05, 0.1) is 0 Å². The number of benzene rings is 2. The first kappa shape index (κ1) is 20.4. The van der Waals surface area contributed by atoms with Crippen LogP contribution in [-0.2, 0) is 20.9 Å². The fourth-order valence-electron chi connectivity index (χ4n) is 2.05. The van der Waals surface area contributed by atoms with Crippen molar-refractivity contribution in [2.45, 2.75) is 19.1 Å². The van der Waals surface area contributed by atoms with Crippen molar-refractivity contribution in [2.75, 3.05) is 6.61 Å². The number of hydrogen-bond donors (Lipinski definition) is 1. The van der Waals surface area contributed by atoms with Crippen LogP contribution in [0.25, 0.3) is 0 Å². The highest BCUT2D eigenvalue weighted by atomic mass is 19.2. The molecule has 2 aromatic carbocycles. The van der Waals surface area contributed by atoms with Crippen molar-refractivity contribution in [3.8, 4) is 5.75 Å². The quantitative estimate of drug-likeness (QED) is 0.429. The molecule has 0 bridgehead atoms. The third-order valence-electron chi connectivity index (χ3n) is 3.42. The molecule has 2 N–H and O–H groups in total. The molecule has 0 aliphatic carbocycles. The minimum Gasteiger partial charge on any atom is -0.480 e. The van der Waals surface area contributed by atoms with Crippen molar-refractivity contribution < 1.29 is 36.6 Å². The lowest BCUT2D eigenvalue weighted by Gasteiger charge is -2.12. The van der Waals surface area contributed by atoms with Gasteiger partial charge in [0.1, 0.15) is 19.3 Å². The first-order valence-corrected chi connectivity index (χ1v) is 7.73. The lowest BCUT2D eigenvalue weighted by Crippen LogP contribution is -2.35. The normalized spacial score (nSPS) is 11.7. The first-order valence-electron chi connectivity index (χ1n) is 7.73. The van der Waals surface area contributed by atoms with E-state index in [1.165, 1.54) is 0 Å². The zero-order valence-electron chi connectivity index (χ0n) is 13.9. The maximum Gasteiger partial charge on any atom is 0.323 e. The van der Waals surface area contributed by atoms with E-state index in [2.05, 4.69) is 4.74 Å². The second-order valence-electron chi connectivity index (χ2n) is 5.53. The van der Waals surface area contributed by atoms with Crippen LogP contribution in [0.3, 0.4) is 0 Å². The SMILES string of the molecule is NC(CC(=O)COc1c(F)c(F)cc(F)c1F)C(=O)OCc1ccccc1. The molecule has 0 saturated carbocycles. The van der Waals surface area contributed by atoms with Gasteiger partial charge in [-0.05, 0) is 5.56 Å². The van der Waals surface area contributed by atoms with Gasteiger partial charge in [0.15, 0.2) is 23.2 Å². The van der Waals surface area contributed by atoms with E-state index in [0.717, 1.165) is 0 Å². The van der Waals surface area contributed by atoms with Gasteiger partial charge in [-0.25, -0.2) is 8.78 Å². The third kappa shape index (κ3) is 5.52. The molecule has 0 fully saturated rings. The summed E-state index contributed by atoms with van der Waals surface area (Å²) in [5.41, 5.74) is 6.25. The van der Waals surface area contributed by atoms with Gasteiger partial charge in [0.2, 0.25) is 11.6 Å². The predicted molar refractivity (Wildman–Crippen MR) is 85.6 cm³/mol. The summed E-state index contributed by atoms with van der Waals surface area (Å²) in [4.78, 5) is 23.5. The Morgan fingerprint density at radius 2 is 1.59 bits per heavy atom. The second-order valence-corrected chi connectivity index (χ2v) is 5.53. The summed E-state index contributed by atoms with van der Waals surface area (Å²) in [5.74, 6) is -9.92. The van der Waals surface area contributed by atoms with E-state index in [1.807, 2.05) is 0 Å². The van der Waals surface area contributed by atoms with Gasteiger partial charge in [-0.1, -0.05) is 30.3 Å². The largest absolute Gasteiger partial charge is 0.480 e. The average Bonchev–Trinajstić information content (AvgIpc) is 2.65. The van der Waals surface area contributed by atoms with Crippen LogP contribution in [0.2, 0.25) is 0 Å². The fourth-order valence-corrected chi connectivity index (χ4v) is 2.05. The topological polar surface area (TPSA) is 78.6 Å². The molecule has 1 unspecified atom stereocenters. The van der Waals surface area contributed by atoms with Crippen molar-refractivity contribution in [3.05, 3.63) is 65.2 Å². The maximum absolute atomic E-state index is 13.4. The monoisotopic (exact) mass is 385 g/mol. The van der Waals surface area contributed by atoms with Crippen LogP contribution in [-0.4, -0.2) is 24.4 Å². The van der Waals surface area contributed by atoms with E-state index in [-0.39, 0.29) is 12.7 Å². The molecule has 5 nitrogen and oxygen atoms in total. The third-order valence-corrected chi connectivity index (χ3v) is 3.42. The van der Waals surface area contributed by atoms with Crippen molar-refractivity contribution in [1.82, 2.24) is 0 Å². The molecule has 9 heteroatoms. The standard InChI is InChI=1S/C18H15F4NO4/c19-12-7-13(20)16(22)17(15(12)21)26-9-11(24)6-14(23)18(25)27-8-10-4-2-1-3-5-10/h1-5,7,14H,6,8-9,23H2. The minimum atomic E-state index is -1.77. The summed E-state index contributed by atoms with van der Waals surface area (Å²) in [6, 6.07) is 7.40. The molecule has 0 saturated heterocycles. The van der Waals surface area contributed by atoms with Crippen molar-refractivity contribution in [3.63, 3.8) is 0 Å². The van der Waals surface area contributed by atoms with Crippen LogP contribution < -0.4 is 10.5 Å². The Kier molecular flexibility index (Phi) is 6.89. The van der Waals surface area contributed by atoms with E-state index in [1.54, 1.807) is 30.3 Å². The highest BCUT2D eigenvalue weighted by Crippen LogP contribution is 2.26. The molecule has 144 valence electrons. The molecule has 0 amide bonds. The molecular weight excluding hydrogens is 370 g/mol. The van der Waals surface area contributed by atoms with Gasteiger partial charge in [-0.15, -0.1) is 0 Å². The number of nitrogens with two attached hydrogens (primary N) is 1. The lowest BCUT2D eigenvalue weighted by atomic mass is 10.1. The highest BCUT2D eigenvalue weighted by molar-refractivity contribution is 5.87. The van der Waals surface area contributed by atoms with Gasteiger partial charge in [-0.3, -0.25) is 9.59 Å². The highest BCUT2D eigenvalue weighted by Gasteiger charge is 2.23. The maximum atomic E-state index is 13.4. The van der Waals surface area contributed by atoms with E-state index in [4.69, 9.17) is 10.5 Å². The van der Waals surface area contributed by atoms with E-state index in [9.17, 15) is 27.2 Å². The van der Waals surface area contributed by atoms with Gasteiger partial charge in [-0.2, -0.15) is 8.78 Å². The Balaban J connectivity index is 1.86. The van der Waals surface area contributed by atoms with Crippen molar-refractivity contribution >= 4 is 11.8 Å². The lowest BCUT2D eigenvalue weighted by molar-refractivity contribution is -0.147. The number of hydrogen-bond acceptors (Lipinski definition) is 5. The molecule has 0 spiro atoms. The summed E-state index contributed by atoms with van der Waals surface area (Å²) < 4.78 is 62.4. The molecular formula is C18H15F4NO4. The zero-order valence-corrected chi connectivity index (χ0v) is 13.9. The minimum absolute atomic E-state index is 0.0119. The van der Waals surface area contributed by atoms with Crippen molar-refractivity contribution in [1.29, 1.82) is 0 Å². The number of carbonyl (C=O) groups is 2. The second kappa shape index (κ2) is 9.13. The molecule has 0 aliphatic heterocycles. The molecule has 1 atom stereocenters. The van der Waals surface area contributed by atoms with Crippen LogP contribution in [0.15, 0.2) is 36.4 Å². The van der Waals surface area contributed by atoms with Gasteiger partial charge in [0.25, 0.3) is 0 Å². The molecule has 27 heavy (non-hydrogen) atoms. The molecule has 0 aromatic heterocycles. The smallest absolute Gasteiger partial charge is 0.323 e. The number of Topliss-reactive ketones (excluding diaryl/α,β-unsaturated/α-hetero) is 1. The number of rotatable bonds is 8. The Hall–Kier alpha value is -2.94. The van der Waals surface area contributed by atoms with Crippen LogP contribution >= 0.6 is 0 Å². The number of carbonyl (C=O) groups excluding carboxylic acids is 2. The molecule has 0 heterocycles. The molecule has 0 aliphatic rings. The van der Waals surface area contributed by atoms with Crippen LogP contribution in [0.1, 0.15) is 12.0 Å². The van der Waals surface area contributed by atoms with E-state index < -0.39 is 59.8 Å². The summed E-state index contributed by atoms with van der Waals surface area (Å²) in [7, 11) is 0. The molecule has 2 rings (SSSR count). The van der Waals surface area contributed by atoms with Crippen LogP contribution in [0.5, 0.6) is 5.75 Å². The number of ketones is 1. The van der Waals surface area contributed by atoms with E-state index in [0.29, 0.717) is 5.56 Å². The fraction of sp³-hybridized carbons (Fsp3) is 0.222. The molecule has 0 radical (unpaired) electrons. The first-order chi connectivity index (χ1) is 12.8. The number of esters is 1. The van der Waals surface area contributed by atoms with E-state index >= 15 is 0 Å². The number of halogens is 4. The summed E-state index contributed by atoms with van der Waals surface area (Å²) in [6.45, 7) is -0.979.